The summed E-state index contributed by atoms with van der Waals surface area (Å²) in [5.41, 5.74) is 4.00. The number of pyridine rings is 1. The van der Waals surface area contributed by atoms with E-state index in [1.165, 1.54) is 20.1 Å². The standard InChI is InChI=1S/C26H26FNO5/c1-14(26(30)31)25(29)17-5-4-16-6-11-23(33-24(16)12-17)22-10-8-19(15(2)28-22)20-13-18(32-3)7-9-21(20)27/h4-5,7-10,12-14,23,25,29H,6,11H2,1-3H3,(H,30,31)/t14-,23?,25+/m0/s1. The largest absolute Gasteiger partial charge is 0.497 e. The number of aliphatic hydroxyl groups excluding tert-OH is 1. The Labute approximate surface area is 191 Å². The van der Waals surface area contributed by atoms with Crippen LogP contribution in [-0.2, 0) is 11.2 Å². The van der Waals surface area contributed by atoms with Crippen molar-refractivity contribution in [1.29, 1.82) is 0 Å². The molecule has 33 heavy (non-hydrogen) atoms. The Bertz CT molecular complexity index is 1200. The van der Waals surface area contributed by atoms with Gasteiger partial charge in [-0.15, -0.1) is 0 Å². The van der Waals surface area contributed by atoms with Gasteiger partial charge in [-0.2, -0.15) is 0 Å². The van der Waals surface area contributed by atoms with Crippen LogP contribution >= 0.6 is 0 Å². The van der Waals surface area contributed by atoms with Crippen molar-refractivity contribution in [3.8, 4) is 22.6 Å². The minimum Gasteiger partial charge on any atom is -0.497 e. The minimum absolute atomic E-state index is 0.301. The van der Waals surface area contributed by atoms with Gasteiger partial charge in [0, 0.05) is 16.8 Å². The summed E-state index contributed by atoms with van der Waals surface area (Å²) in [6.45, 7) is 3.30. The molecule has 172 valence electrons. The Hall–Kier alpha value is -3.45. The molecule has 0 spiro atoms. The van der Waals surface area contributed by atoms with Gasteiger partial charge in [0.25, 0.3) is 0 Å². The fourth-order valence-electron chi connectivity index (χ4n) is 4.08. The van der Waals surface area contributed by atoms with Crippen LogP contribution in [0.4, 0.5) is 4.39 Å². The van der Waals surface area contributed by atoms with Gasteiger partial charge in [-0.25, -0.2) is 4.39 Å². The predicted octanol–water partition coefficient (Wildman–Crippen LogP) is 5.03. The fraction of sp³-hybridized carbons (Fsp3) is 0.308. The lowest BCUT2D eigenvalue weighted by atomic mass is 9.93. The molecule has 0 saturated carbocycles. The first kappa shape index (κ1) is 22.7. The van der Waals surface area contributed by atoms with E-state index in [9.17, 15) is 19.4 Å². The number of carbonyl (C=O) groups is 1. The van der Waals surface area contributed by atoms with Crippen molar-refractivity contribution in [2.75, 3.05) is 7.11 Å². The molecule has 2 aromatic carbocycles. The van der Waals surface area contributed by atoms with Crippen molar-refractivity contribution in [2.24, 2.45) is 5.92 Å². The SMILES string of the molecule is COc1ccc(F)c(-c2ccc(C3CCc4ccc([C@H](O)[C@H](C)C(=O)O)cc4O3)nc2C)c1. The lowest BCUT2D eigenvalue weighted by Gasteiger charge is -2.27. The van der Waals surface area contributed by atoms with Gasteiger partial charge in [-0.3, -0.25) is 9.78 Å². The smallest absolute Gasteiger partial charge is 0.309 e. The van der Waals surface area contributed by atoms with Crippen molar-refractivity contribution in [2.45, 2.75) is 38.9 Å². The molecule has 2 heterocycles. The van der Waals surface area contributed by atoms with E-state index < -0.39 is 18.0 Å². The van der Waals surface area contributed by atoms with Crippen LogP contribution in [-0.4, -0.2) is 28.3 Å². The minimum atomic E-state index is -1.13. The second kappa shape index (κ2) is 9.19. The third kappa shape index (κ3) is 4.54. The van der Waals surface area contributed by atoms with Crippen LogP contribution < -0.4 is 9.47 Å². The zero-order valence-electron chi connectivity index (χ0n) is 18.7. The Kier molecular flexibility index (Phi) is 6.33. The van der Waals surface area contributed by atoms with Gasteiger partial charge in [0.15, 0.2) is 0 Å². The predicted molar refractivity (Wildman–Crippen MR) is 121 cm³/mol. The zero-order chi connectivity index (χ0) is 23.7. The van der Waals surface area contributed by atoms with E-state index in [0.717, 1.165) is 24.1 Å². The van der Waals surface area contributed by atoms with Gasteiger partial charge in [-0.1, -0.05) is 18.2 Å². The number of ether oxygens (including phenoxy) is 2. The molecule has 0 amide bonds. The summed E-state index contributed by atoms with van der Waals surface area (Å²) >= 11 is 0. The van der Waals surface area contributed by atoms with Crippen LogP contribution in [0.1, 0.15) is 48.1 Å². The summed E-state index contributed by atoms with van der Waals surface area (Å²) in [7, 11) is 1.54. The molecule has 0 radical (unpaired) electrons. The van der Waals surface area contributed by atoms with E-state index >= 15 is 0 Å². The van der Waals surface area contributed by atoms with Gasteiger partial charge in [0.2, 0.25) is 0 Å². The molecule has 0 saturated heterocycles. The number of aryl methyl sites for hydroxylation is 2. The van der Waals surface area contributed by atoms with Crippen molar-refractivity contribution in [1.82, 2.24) is 4.98 Å². The summed E-state index contributed by atoms with van der Waals surface area (Å²) in [6.07, 6.45) is 0.0521. The number of fused-ring (bicyclic) bond motifs is 1. The molecular formula is C26H26FNO5. The third-order valence-electron chi connectivity index (χ3n) is 6.14. The van der Waals surface area contributed by atoms with Gasteiger partial charge in [-0.05, 0) is 68.1 Å². The van der Waals surface area contributed by atoms with Crippen LogP contribution in [0.2, 0.25) is 0 Å². The van der Waals surface area contributed by atoms with Crippen LogP contribution in [0.15, 0.2) is 48.5 Å². The topological polar surface area (TPSA) is 88.9 Å². The van der Waals surface area contributed by atoms with E-state index in [0.29, 0.717) is 33.9 Å². The number of benzene rings is 2. The van der Waals surface area contributed by atoms with Crippen molar-refractivity contribution in [3.63, 3.8) is 0 Å². The van der Waals surface area contributed by atoms with Crippen LogP contribution in [0.25, 0.3) is 11.1 Å². The van der Waals surface area contributed by atoms with E-state index in [1.807, 2.05) is 25.1 Å². The summed E-state index contributed by atoms with van der Waals surface area (Å²) in [5.74, 6) is -1.17. The van der Waals surface area contributed by atoms with E-state index in [4.69, 9.17) is 14.5 Å². The number of methoxy groups -OCH3 is 1. The van der Waals surface area contributed by atoms with Crippen LogP contribution in [0.3, 0.4) is 0 Å². The molecule has 2 N–H and O–H groups in total. The Morgan fingerprint density at radius 2 is 1.97 bits per heavy atom. The molecule has 0 fully saturated rings. The first-order valence-corrected chi connectivity index (χ1v) is 10.8. The van der Waals surface area contributed by atoms with Crippen molar-refractivity contribution >= 4 is 5.97 Å². The van der Waals surface area contributed by atoms with Crippen LogP contribution in [0, 0.1) is 18.7 Å². The summed E-state index contributed by atoms with van der Waals surface area (Å²) < 4.78 is 25.9. The highest BCUT2D eigenvalue weighted by Crippen LogP contribution is 2.38. The second-order valence-electron chi connectivity index (χ2n) is 8.30. The first-order valence-electron chi connectivity index (χ1n) is 10.8. The third-order valence-corrected chi connectivity index (χ3v) is 6.14. The highest BCUT2D eigenvalue weighted by atomic mass is 19.1. The molecule has 7 heteroatoms. The number of carboxylic acid groups (broad SMARTS) is 1. The maximum absolute atomic E-state index is 14.4. The number of aromatic nitrogens is 1. The number of halogens is 1. The Balaban J connectivity index is 1.59. The van der Waals surface area contributed by atoms with Crippen LogP contribution in [0.5, 0.6) is 11.5 Å². The normalized spacial score (nSPS) is 16.9. The molecule has 3 atom stereocenters. The number of hydrogen-bond donors (Lipinski definition) is 2. The highest BCUT2D eigenvalue weighted by molar-refractivity contribution is 5.70. The molecule has 1 aliphatic heterocycles. The molecular weight excluding hydrogens is 425 g/mol. The maximum atomic E-state index is 14.4. The molecule has 0 bridgehead atoms. The second-order valence-corrected chi connectivity index (χ2v) is 8.30. The maximum Gasteiger partial charge on any atom is 0.309 e. The number of aliphatic carboxylic acids is 1. The summed E-state index contributed by atoms with van der Waals surface area (Å²) in [5, 5.41) is 19.6. The van der Waals surface area contributed by atoms with E-state index in [-0.39, 0.29) is 11.9 Å². The monoisotopic (exact) mass is 451 g/mol. The lowest BCUT2D eigenvalue weighted by Crippen LogP contribution is -2.20. The molecule has 0 aliphatic carbocycles. The summed E-state index contributed by atoms with van der Waals surface area (Å²) in [4.78, 5) is 15.9. The van der Waals surface area contributed by atoms with Gasteiger partial charge < -0.3 is 19.7 Å². The zero-order valence-corrected chi connectivity index (χ0v) is 18.7. The number of hydrogen-bond acceptors (Lipinski definition) is 5. The Morgan fingerprint density at radius 1 is 1.18 bits per heavy atom. The van der Waals surface area contributed by atoms with Crippen molar-refractivity contribution < 1.29 is 28.9 Å². The quantitative estimate of drug-likeness (QED) is 0.547. The molecule has 1 aliphatic rings. The summed E-state index contributed by atoms with van der Waals surface area (Å²) in [6, 6.07) is 13.6. The number of aliphatic hydroxyl groups is 1. The van der Waals surface area contributed by atoms with Gasteiger partial charge in [0.05, 0.1) is 24.8 Å². The fourth-order valence-corrected chi connectivity index (χ4v) is 4.08. The highest BCUT2D eigenvalue weighted by Gasteiger charge is 2.27. The molecule has 6 nitrogen and oxygen atoms in total. The average molecular weight is 451 g/mol. The van der Waals surface area contributed by atoms with E-state index in [2.05, 4.69) is 0 Å². The molecule has 4 rings (SSSR count). The Morgan fingerprint density at radius 3 is 2.67 bits per heavy atom. The van der Waals surface area contributed by atoms with Gasteiger partial charge >= 0.3 is 5.97 Å². The molecule has 1 unspecified atom stereocenters. The lowest BCUT2D eigenvalue weighted by molar-refractivity contribution is -0.145. The molecule has 1 aromatic heterocycles. The average Bonchev–Trinajstić information content (AvgIpc) is 2.82. The van der Waals surface area contributed by atoms with Crippen molar-refractivity contribution in [3.05, 3.63) is 76.9 Å². The number of rotatable bonds is 6. The van der Waals surface area contributed by atoms with Gasteiger partial charge in [0.1, 0.15) is 23.4 Å². The molecule has 3 aromatic rings. The van der Waals surface area contributed by atoms with E-state index in [1.54, 1.807) is 24.3 Å². The number of nitrogens with zero attached hydrogens (tertiary/aromatic N) is 1. The number of carboxylic acids is 1. The first-order chi connectivity index (χ1) is 15.8.